The van der Waals surface area contributed by atoms with Crippen LogP contribution in [0.15, 0.2) is 29.5 Å². The van der Waals surface area contributed by atoms with Gasteiger partial charge in [0.05, 0.1) is 31.9 Å². The minimum absolute atomic E-state index is 0.121. The van der Waals surface area contributed by atoms with E-state index in [0.29, 0.717) is 28.3 Å². The van der Waals surface area contributed by atoms with Gasteiger partial charge < -0.3 is 30.0 Å². The Kier molecular flexibility index (Phi) is 6.24. The highest BCUT2D eigenvalue weighted by molar-refractivity contribution is 5.95. The molecule has 2 rings (SSSR count). The summed E-state index contributed by atoms with van der Waals surface area (Å²) in [4.78, 5) is 24.2. The van der Waals surface area contributed by atoms with E-state index in [1.807, 2.05) is 0 Å². The number of amides is 2. The van der Waals surface area contributed by atoms with Gasteiger partial charge in [0.2, 0.25) is 0 Å². The van der Waals surface area contributed by atoms with Gasteiger partial charge in [-0.15, -0.1) is 0 Å². The molecule has 1 aromatic rings. The Labute approximate surface area is 145 Å². The SMILES string of the molecule is CCOC(=O)C1=C(C)NC(=O)N[C@H]1c1ccc(OCCO)c(OC)c1. The number of nitrogens with one attached hydrogen (secondary N) is 2. The Hall–Kier alpha value is -2.74. The van der Waals surface area contributed by atoms with Crippen LogP contribution < -0.4 is 20.1 Å². The number of esters is 1. The summed E-state index contributed by atoms with van der Waals surface area (Å²) in [6.45, 7) is 3.60. The molecule has 3 N–H and O–H groups in total. The van der Waals surface area contributed by atoms with Gasteiger partial charge in [0, 0.05) is 5.70 Å². The molecule has 0 unspecified atom stereocenters. The maximum absolute atomic E-state index is 12.3. The topological polar surface area (TPSA) is 106 Å². The van der Waals surface area contributed by atoms with Crippen LogP contribution in [0.4, 0.5) is 4.79 Å². The molecule has 0 saturated heterocycles. The molecule has 0 bridgehead atoms. The van der Waals surface area contributed by atoms with E-state index in [0.717, 1.165) is 0 Å². The molecule has 2 amide bonds. The number of hydrogen-bond donors (Lipinski definition) is 3. The van der Waals surface area contributed by atoms with E-state index >= 15 is 0 Å². The lowest BCUT2D eigenvalue weighted by atomic mass is 9.95. The Morgan fingerprint density at radius 1 is 1.32 bits per heavy atom. The molecule has 0 spiro atoms. The van der Waals surface area contributed by atoms with Gasteiger partial charge in [-0.1, -0.05) is 6.07 Å². The van der Waals surface area contributed by atoms with Gasteiger partial charge in [0.25, 0.3) is 0 Å². The average molecular weight is 350 g/mol. The molecular weight excluding hydrogens is 328 g/mol. The minimum atomic E-state index is -0.673. The molecular formula is C17H22N2O6. The van der Waals surface area contributed by atoms with Crippen molar-refractivity contribution in [3.8, 4) is 11.5 Å². The van der Waals surface area contributed by atoms with Crippen LogP contribution in [0.5, 0.6) is 11.5 Å². The van der Waals surface area contributed by atoms with Gasteiger partial charge in [-0.05, 0) is 31.5 Å². The van der Waals surface area contributed by atoms with Gasteiger partial charge in [-0.2, -0.15) is 0 Å². The molecule has 1 heterocycles. The molecule has 1 aromatic carbocycles. The normalized spacial score (nSPS) is 16.8. The number of urea groups is 1. The van der Waals surface area contributed by atoms with Crippen LogP contribution in [0.3, 0.4) is 0 Å². The summed E-state index contributed by atoms with van der Waals surface area (Å²) >= 11 is 0. The third kappa shape index (κ3) is 4.21. The maximum atomic E-state index is 12.3. The molecule has 25 heavy (non-hydrogen) atoms. The number of allylic oxidation sites excluding steroid dienone is 1. The molecule has 0 fully saturated rings. The van der Waals surface area contributed by atoms with E-state index in [4.69, 9.17) is 19.3 Å². The fourth-order valence-corrected chi connectivity index (χ4v) is 2.56. The van der Waals surface area contributed by atoms with Crippen LogP contribution in [-0.4, -0.2) is 44.0 Å². The van der Waals surface area contributed by atoms with Crippen molar-refractivity contribution in [3.05, 3.63) is 35.0 Å². The maximum Gasteiger partial charge on any atom is 0.338 e. The Morgan fingerprint density at radius 2 is 2.08 bits per heavy atom. The van der Waals surface area contributed by atoms with Crippen molar-refractivity contribution in [2.24, 2.45) is 0 Å². The molecule has 8 heteroatoms. The molecule has 0 saturated carbocycles. The molecule has 0 aromatic heterocycles. The fourth-order valence-electron chi connectivity index (χ4n) is 2.56. The van der Waals surface area contributed by atoms with Crippen LogP contribution in [0, 0.1) is 0 Å². The molecule has 1 atom stereocenters. The predicted octanol–water partition coefficient (Wildman–Crippen LogP) is 1.26. The monoisotopic (exact) mass is 350 g/mol. The number of methoxy groups -OCH3 is 1. The highest BCUT2D eigenvalue weighted by Crippen LogP contribution is 2.34. The number of benzene rings is 1. The first kappa shape index (κ1) is 18.6. The molecule has 0 aliphatic carbocycles. The second kappa shape index (κ2) is 8.39. The summed E-state index contributed by atoms with van der Waals surface area (Å²) in [5.41, 5.74) is 1.41. The first-order valence-corrected chi connectivity index (χ1v) is 7.88. The van der Waals surface area contributed by atoms with E-state index in [2.05, 4.69) is 10.6 Å². The summed E-state index contributed by atoms with van der Waals surface area (Å²) in [6, 6.07) is 3.98. The quantitative estimate of drug-likeness (QED) is 0.639. The third-order valence-electron chi connectivity index (χ3n) is 3.63. The Balaban J connectivity index is 2.41. The van der Waals surface area contributed by atoms with Gasteiger partial charge in [-0.25, -0.2) is 9.59 Å². The number of aliphatic hydroxyl groups is 1. The summed E-state index contributed by atoms with van der Waals surface area (Å²) in [6.07, 6.45) is 0. The zero-order valence-corrected chi connectivity index (χ0v) is 14.4. The minimum Gasteiger partial charge on any atom is -0.493 e. The number of aliphatic hydroxyl groups excluding tert-OH is 1. The van der Waals surface area contributed by atoms with Gasteiger partial charge in [-0.3, -0.25) is 0 Å². The average Bonchev–Trinajstić information content (AvgIpc) is 2.59. The largest absolute Gasteiger partial charge is 0.493 e. The first-order chi connectivity index (χ1) is 12.0. The van der Waals surface area contributed by atoms with Crippen molar-refractivity contribution < 1.29 is 28.9 Å². The summed E-state index contributed by atoms with van der Waals surface area (Å²) < 4.78 is 15.8. The van der Waals surface area contributed by atoms with E-state index < -0.39 is 18.0 Å². The van der Waals surface area contributed by atoms with Crippen molar-refractivity contribution in [3.63, 3.8) is 0 Å². The molecule has 136 valence electrons. The number of rotatable bonds is 7. The van der Waals surface area contributed by atoms with Crippen LogP contribution >= 0.6 is 0 Å². The second-order valence-electron chi connectivity index (χ2n) is 5.27. The fraction of sp³-hybridized carbons (Fsp3) is 0.412. The van der Waals surface area contributed by atoms with Crippen molar-refractivity contribution in [2.45, 2.75) is 19.9 Å². The van der Waals surface area contributed by atoms with Crippen molar-refractivity contribution >= 4 is 12.0 Å². The second-order valence-corrected chi connectivity index (χ2v) is 5.27. The van der Waals surface area contributed by atoms with E-state index in [1.54, 1.807) is 32.0 Å². The van der Waals surface area contributed by atoms with Crippen LogP contribution in [-0.2, 0) is 9.53 Å². The van der Waals surface area contributed by atoms with Gasteiger partial charge in [0.15, 0.2) is 11.5 Å². The lowest BCUT2D eigenvalue weighted by Crippen LogP contribution is -2.45. The summed E-state index contributed by atoms with van der Waals surface area (Å²) in [5.74, 6) is 0.385. The molecule has 0 radical (unpaired) electrons. The lowest BCUT2D eigenvalue weighted by Gasteiger charge is -2.28. The van der Waals surface area contributed by atoms with E-state index in [9.17, 15) is 9.59 Å². The Bertz CT molecular complexity index is 686. The van der Waals surface area contributed by atoms with Crippen LogP contribution in [0.2, 0.25) is 0 Å². The molecule has 1 aliphatic heterocycles. The number of ether oxygens (including phenoxy) is 3. The zero-order valence-electron chi connectivity index (χ0n) is 14.4. The zero-order chi connectivity index (χ0) is 18.4. The number of hydrogen-bond acceptors (Lipinski definition) is 6. The molecule has 1 aliphatic rings. The summed E-state index contributed by atoms with van der Waals surface area (Å²) in [5, 5.41) is 14.2. The van der Waals surface area contributed by atoms with Gasteiger partial charge >= 0.3 is 12.0 Å². The smallest absolute Gasteiger partial charge is 0.338 e. The van der Waals surface area contributed by atoms with E-state index in [-0.39, 0.29) is 19.8 Å². The summed E-state index contributed by atoms with van der Waals surface area (Å²) in [7, 11) is 1.49. The van der Waals surface area contributed by atoms with Crippen molar-refractivity contribution in [1.82, 2.24) is 10.6 Å². The van der Waals surface area contributed by atoms with Crippen molar-refractivity contribution in [1.29, 1.82) is 0 Å². The van der Waals surface area contributed by atoms with E-state index in [1.165, 1.54) is 7.11 Å². The lowest BCUT2D eigenvalue weighted by molar-refractivity contribution is -0.139. The van der Waals surface area contributed by atoms with Crippen LogP contribution in [0.1, 0.15) is 25.5 Å². The standard InChI is InChI=1S/C17H22N2O6/c1-4-24-16(21)14-10(2)18-17(22)19-15(14)11-5-6-12(25-8-7-20)13(9-11)23-3/h5-6,9,15,20H,4,7-8H2,1-3H3,(H2,18,19,22)/t15-/m0/s1. The first-order valence-electron chi connectivity index (χ1n) is 7.88. The predicted molar refractivity (Wildman–Crippen MR) is 89.3 cm³/mol. The van der Waals surface area contributed by atoms with Gasteiger partial charge in [0.1, 0.15) is 6.61 Å². The Morgan fingerprint density at radius 3 is 2.72 bits per heavy atom. The number of carbonyl (C=O) groups excluding carboxylic acids is 2. The van der Waals surface area contributed by atoms with Crippen LogP contribution in [0.25, 0.3) is 0 Å². The third-order valence-corrected chi connectivity index (χ3v) is 3.63. The highest BCUT2D eigenvalue weighted by Gasteiger charge is 2.32. The number of carbonyl (C=O) groups is 2. The van der Waals surface area contributed by atoms with Crippen molar-refractivity contribution in [2.75, 3.05) is 26.9 Å². The molecule has 8 nitrogen and oxygen atoms in total. The highest BCUT2D eigenvalue weighted by atomic mass is 16.5.